The Labute approximate surface area is 175 Å². The average molecular weight is 414 g/mol. The van der Waals surface area contributed by atoms with Gasteiger partial charge in [0.15, 0.2) is 5.78 Å². The van der Waals surface area contributed by atoms with Crippen LogP contribution in [0.4, 0.5) is 0 Å². The van der Waals surface area contributed by atoms with E-state index in [0.29, 0.717) is 31.0 Å². The van der Waals surface area contributed by atoms with Crippen LogP contribution in [0.5, 0.6) is 0 Å². The van der Waals surface area contributed by atoms with Gasteiger partial charge in [-0.2, -0.15) is 0 Å². The van der Waals surface area contributed by atoms with E-state index in [1.165, 1.54) is 20.3 Å². The van der Waals surface area contributed by atoms with E-state index in [1.54, 1.807) is 12.1 Å². The number of aromatic nitrogens is 1. The van der Waals surface area contributed by atoms with E-state index in [0.717, 1.165) is 24.5 Å². The summed E-state index contributed by atoms with van der Waals surface area (Å²) < 4.78 is 16.8. The Balaban J connectivity index is 2.00. The Kier molecular flexibility index (Phi) is 6.69. The molecule has 1 fully saturated rings. The van der Waals surface area contributed by atoms with Crippen molar-refractivity contribution in [2.75, 3.05) is 47.1 Å². The van der Waals surface area contributed by atoms with Crippen LogP contribution in [0.2, 0.25) is 0 Å². The van der Waals surface area contributed by atoms with Crippen molar-refractivity contribution in [3.8, 4) is 5.69 Å². The monoisotopic (exact) mass is 414 g/mol. The zero-order chi connectivity index (χ0) is 21.8. The Bertz CT molecular complexity index is 938. The number of hydrogen-bond donors (Lipinski definition) is 0. The molecule has 1 aromatic heterocycles. The fraction of sp³-hybridized carbons (Fsp3) is 0.409. The Morgan fingerprint density at radius 3 is 2.03 bits per heavy atom. The Hall–Kier alpha value is -2.97. The summed E-state index contributed by atoms with van der Waals surface area (Å²) in [5, 5.41) is 0. The smallest absolute Gasteiger partial charge is 0.337 e. The number of ether oxygens (including phenoxy) is 3. The largest absolute Gasteiger partial charge is 0.465 e. The summed E-state index contributed by atoms with van der Waals surface area (Å²) in [7, 11) is 2.56. The van der Waals surface area contributed by atoms with Gasteiger partial charge in [0.05, 0.1) is 45.1 Å². The molecule has 0 amide bonds. The lowest BCUT2D eigenvalue weighted by molar-refractivity contribution is 0.0371. The molecule has 1 aliphatic rings. The zero-order valence-electron chi connectivity index (χ0n) is 17.7. The molecule has 8 nitrogen and oxygen atoms in total. The number of hydrogen-bond acceptors (Lipinski definition) is 7. The van der Waals surface area contributed by atoms with Gasteiger partial charge in [0.1, 0.15) is 0 Å². The second-order valence-corrected chi connectivity index (χ2v) is 7.18. The summed E-state index contributed by atoms with van der Waals surface area (Å²) in [6.07, 6.45) is 0. The number of esters is 2. The molecule has 0 atom stereocenters. The minimum atomic E-state index is -0.562. The van der Waals surface area contributed by atoms with Crippen LogP contribution in [0.25, 0.3) is 5.69 Å². The van der Waals surface area contributed by atoms with Crippen molar-refractivity contribution in [1.29, 1.82) is 0 Å². The Morgan fingerprint density at radius 2 is 1.50 bits per heavy atom. The third-order valence-corrected chi connectivity index (χ3v) is 5.22. The molecule has 0 saturated carbocycles. The van der Waals surface area contributed by atoms with E-state index in [1.807, 2.05) is 24.5 Å². The van der Waals surface area contributed by atoms with Crippen molar-refractivity contribution in [1.82, 2.24) is 9.47 Å². The molecule has 2 aromatic rings. The number of ketones is 1. The average Bonchev–Trinajstić information content (AvgIpc) is 3.06. The standard InChI is InChI=1S/C22H26N2O6/c1-14-9-19(20(25)13-23-5-7-30-8-6-23)15(2)24(14)18-11-16(21(26)28-3)10-17(12-18)22(27)29-4/h9-12H,5-8,13H2,1-4H3. The third-order valence-electron chi connectivity index (χ3n) is 5.22. The molecule has 1 aromatic carbocycles. The highest BCUT2D eigenvalue weighted by Gasteiger charge is 2.22. The second kappa shape index (κ2) is 9.23. The number of aryl methyl sites for hydroxylation is 1. The van der Waals surface area contributed by atoms with Crippen molar-refractivity contribution in [2.45, 2.75) is 13.8 Å². The minimum absolute atomic E-state index is 0.0218. The van der Waals surface area contributed by atoms with Gasteiger partial charge in [0.25, 0.3) is 0 Å². The minimum Gasteiger partial charge on any atom is -0.465 e. The number of rotatable bonds is 6. The van der Waals surface area contributed by atoms with Gasteiger partial charge in [-0.3, -0.25) is 9.69 Å². The van der Waals surface area contributed by atoms with Crippen LogP contribution in [0, 0.1) is 13.8 Å². The lowest BCUT2D eigenvalue weighted by atomic mass is 10.1. The van der Waals surface area contributed by atoms with Crippen LogP contribution < -0.4 is 0 Å². The van der Waals surface area contributed by atoms with Gasteiger partial charge >= 0.3 is 11.9 Å². The van der Waals surface area contributed by atoms with Gasteiger partial charge in [-0.1, -0.05) is 0 Å². The summed E-state index contributed by atoms with van der Waals surface area (Å²) in [5.74, 6) is -1.10. The number of benzene rings is 1. The van der Waals surface area contributed by atoms with Gasteiger partial charge in [0, 0.05) is 35.7 Å². The topological polar surface area (TPSA) is 87.1 Å². The number of nitrogens with zero attached hydrogens (tertiary/aromatic N) is 2. The first-order valence-corrected chi connectivity index (χ1v) is 9.70. The normalized spacial score (nSPS) is 14.4. The first-order valence-electron chi connectivity index (χ1n) is 9.70. The molecular weight excluding hydrogens is 388 g/mol. The molecular formula is C22H26N2O6. The van der Waals surface area contributed by atoms with Gasteiger partial charge in [0.2, 0.25) is 0 Å². The fourth-order valence-electron chi connectivity index (χ4n) is 3.70. The molecule has 1 aliphatic heterocycles. The van der Waals surface area contributed by atoms with Crippen LogP contribution in [-0.4, -0.2) is 74.3 Å². The predicted molar refractivity (Wildman–Crippen MR) is 110 cm³/mol. The number of carbonyl (C=O) groups excluding carboxylic acids is 3. The van der Waals surface area contributed by atoms with Gasteiger partial charge < -0.3 is 18.8 Å². The number of carbonyl (C=O) groups is 3. The molecule has 0 spiro atoms. The first-order chi connectivity index (χ1) is 14.3. The molecule has 0 bridgehead atoms. The van der Waals surface area contributed by atoms with Gasteiger partial charge in [-0.05, 0) is 38.1 Å². The van der Waals surface area contributed by atoms with Crippen LogP contribution in [0.15, 0.2) is 24.3 Å². The molecule has 0 N–H and O–H groups in total. The molecule has 30 heavy (non-hydrogen) atoms. The molecule has 2 heterocycles. The first kappa shape index (κ1) is 21.7. The summed E-state index contributed by atoms with van der Waals surface area (Å²) in [5.41, 5.74) is 3.20. The summed E-state index contributed by atoms with van der Waals surface area (Å²) in [4.78, 5) is 39.2. The van der Waals surface area contributed by atoms with E-state index < -0.39 is 11.9 Å². The molecule has 3 rings (SSSR count). The van der Waals surface area contributed by atoms with Crippen LogP contribution in [-0.2, 0) is 14.2 Å². The molecule has 160 valence electrons. The van der Waals surface area contributed by atoms with Crippen LogP contribution >= 0.6 is 0 Å². The van der Waals surface area contributed by atoms with E-state index in [9.17, 15) is 14.4 Å². The maximum Gasteiger partial charge on any atom is 0.337 e. The molecule has 8 heteroatoms. The highest BCUT2D eigenvalue weighted by atomic mass is 16.5. The molecule has 1 saturated heterocycles. The molecule has 0 unspecified atom stereocenters. The lowest BCUT2D eigenvalue weighted by Crippen LogP contribution is -2.39. The Morgan fingerprint density at radius 1 is 0.933 bits per heavy atom. The van der Waals surface area contributed by atoms with Crippen molar-refractivity contribution < 1.29 is 28.6 Å². The quantitative estimate of drug-likeness (QED) is 0.529. The number of methoxy groups -OCH3 is 2. The van der Waals surface area contributed by atoms with Gasteiger partial charge in [-0.15, -0.1) is 0 Å². The predicted octanol–water partition coefficient (Wildman–Crippen LogP) is 2.18. The third kappa shape index (κ3) is 4.44. The zero-order valence-corrected chi connectivity index (χ0v) is 17.7. The van der Waals surface area contributed by atoms with E-state index >= 15 is 0 Å². The molecule has 0 radical (unpaired) electrons. The number of Topliss-reactive ketones (excluding diaryl/α,β-unsaturated/α-hetero) is 1. The van der Waals surface area contributed by atoms with E-state index in [2.05, 4.69) is 4.90 Å². The van der Waals surface area contributed by atoms with E-state index in [4.69, 9.17) is 14.2 Å². The van der Waals surface area contributed by atoms with Crippen LogP contribution in [0.3, 0.4) is 0 Å². The summed E-state index contributed by atoms with van der Waals surface area (Å²) >= 11 is 0. The number of morpholine rings is 1. The van der Waals surface area contributed by atoms with Crippen molar-refractivity contribution in [3.63, 3.8) is 0 Å². The second-order valence-electron chi connectivity index (χ2n) is 7.18. The maximum atomic E-state index is 12.9. The van der Waals surface area contributed by atoms with Crippen LogP contribution in [0.1, 0.15) is 42.5 Å². The van der Waals surface area contributed by atoms with Crippen molar-refractivity contribution in [2.24, 2.45) is 0 Å². The van der Waals surface area contributed by atoms with Crippen molar-refractivity contribution >= 4 is 17.7 Å². The lowest BCUT2D eigenvalue weighted by Gasteiger charge is -2.25. The maximum absolute atomic E-state index is 12.9. The summed E-state index contributed by atoms with van der Waals surface area (Å²) in [6, 6.07) is 6.53. The summed E-state index contributed by atoms with van der Waals surface area (Å²) in [6.45, 7) is 6.76. The highest BCUT2D eigenvalue weighted by Crippen LogP contribution is 2.24. The fourth-order valence-corrected chi connectivity index (χ4v) is 3.70. The molecule has 0 aliphatic carbocycles. The van der Waals surface area contributed by atoms with Crippen molar-refractivity contribution in [3.05, 3.63) is 52.3 Å². The SMILES string of the molecule is COC(=O)c1cc(C(=O)OC)cc(-n2c(C)cc(C(=O)CN3CCOCC3)c2C)c1. The van der Waals surface area contributed by atoms with Gasteiger partial charge in [-0.25, -0.2) is 9.59 Å². The highest BCUT2D eigenvalue weighted by molar-refractivity contribution is 5.99. The van der Waals surface area contributed by atoms with E-state index in [-0.39, 0.29) is 16.9 Å².